The average molecular weight is 352 g/mol. The summed E-state index contributed by atoms with van der Waals surface area (Å²) in [6.07, 6.45) is 2.93. The Kier molecular flexibility index (Phi) is 5.31. The minimum atomic E-state index is -1.57. The smallest absolute Gasteiger partial charge is 0.341 e. The number of rotatable bonds is 3. The molecule has 0 aliphatic heterocycles. The molecule has 0 amide bonds. The van der Waals surface area contributed by atoms with Crippen LogP contribution in [0, 0.1) is 22.8 Å². The minimum Gasteiger partial charge on any atom is -0.462 e. The third kappa shape index (κ3) is 4.28. The van der Waals surface area contributed by atoms with Crippen LogP contribution in [0.15, 0.2) is 24.5 Å². The molecule has 0 aliphatic rings. The first-order valence-electron chi connectivity index (χ1n) is 7.84. The first-order valence-corrected chi connectivity index (χ1v) is 11.3. The largest absolute Gasteiger partial charge is 0.462 e. The number of carbonyl (C=O) groups is 1. The molecule has 0 saturated heterocycles. The van der Waals surface area contributed by atoms with Crippen LogP contribution in [-0.2, 0) is 4.74 Å². The number of nitrogen functional groups attached to an aromatic ring is 1. The predicted molar refractivity (Wildman–Crippen MR) is 98.9 cm³/mol. The standard InChI is InChI=1S/C18H20N4O2Si/c1-5-24-18(23)14-11-21-22(12-14)16-7-6-13(8-9-25(2,3)4)15(10-19)17(16)20/h6-7,11-12H,5,20H2,1-4H3. The van der Waals surface area contributed by atoms with Crippen molar-refractivity contribution < 1.29 is 9.53 Å². The van der Waals surface area contributed by atoms with E-state index in [2.05, 4.69) is 42.3 Å². The number of nitriles is 1. The Morgan fingerprint density at radius 3 is 2.72 bits per heavy atom. The van der Waals surface area contributed by atoms with Crippen molar-refractivity contribution in [2.45, 2.75) is 26.6 Å². The van der Waals surface area contributed by atoms with Crippen LogP contribution in [0.3, 0.4) is 0 Å². The van der Waals surface area contributed by atoms with Crippen molar-refractivity contribution in [3.05, 3.63) is 41.2 Å². The highest BCUT2D eigenvalue weighted by Gasteiger charge is 2.15. The van der Waals surface area contributed by atoms with Gasteiger partial charge in [-0.3, -0.25) is 0 Å². The van der Waals surface area contributed by atoms with Crippen molar-refractivity contribution in [2.75, 3.05) is 12.3 Å². The summed E-state index contributed by atoms with van der Waals surface area (Å²) in [5.74, 6) is 2.62. The molecule has 0 unspecified atom stereocenters. The van der Waals surface area contributed by atoms with Gasteiger partial charge in [-0.05, 0) is 19.1 Å². The summed E-state index contributed by atoms with van der Waals surface area (Å²) in [4.78, 5) is 11.8. The Balaban J connectivity index is 2.46. The van der Waals surface area contributed by atoms with Crippen molar-refractivity contribution >= 4 is 19.7 Å². The summed E-state index contributed by atoms with van der Waals surface area (Å²) in [6, 6.07) is 5.61. The van der Waals surface area contributed by atoms with Crippen molar-refractivity contribution in [3.63, 3.8) is 0 Å². The Bertz CT molecular complexity index is 908. The van der Waals surface area contributed by atoms with Crippen molar-refractivity contribution in [1.82, 2.24) is 9.78 Å². The topological polar surface area (TPSA) is 93.9 Å². The molecule has 1 heterocycles. The molecule has 7 heteroatoms. The summed E-state index contributed by atoms with van der Waals surface area (Å²) in [5, 5.41) is 13.6. The zero-order valence-electron chi connectivity index (χ0n) is 14.8. The zero-order valence-corrected chi connectivity index (χ0v) is 15.8. The summed E-state index contributed by atoms with van der Waals surface area (Å²) in [7, 11) is -1.57. The van der Waals surface area contributed by atoms with Crippen LogP contribution in [0.1, 0.15) is 28.4 Å². The van der Waals surface area contributed by atoms with Crippen LogP contribution in [0.5, 0.6) is 0 Å². The second kappa shape index (κ2) is 7.25. The number of carbonyl (C=O) groups excluding carboxylic acids is 1. The maximum Gasteiger partial charge on any atom is 0.341 e. The van der Waals surface area contributed by atoms with Gasteiger partial charge in [-0.25, -0.2) is 9.48 Å². The van der Waals surface area contributed by atoms with Gasteiger partial charge in [0.05, 0.1) is 35.3 Å². The molecule has 2 rings (SSSR count). The van der Waals surface area contributed by atoms with E-state index in [0.717, 1.165) is 0 Å². The zero-order chi connectivity index (χ0) is 18.6. The minimum absolute atomic E-state index is 0.281. The molecule has 2 aromatic rings. The molecule has 1 aromatic carbocycles. The Morgan fingerprint density at radius 1 is 1.40 bits per heavy atom. The van der Waals surface area contributed by atoms with Gasteiger partial charge in [0.1, 0.15) is 14.1 Å². The number of esters is 1. The normalized spacial score (nSPS) is 10.5. The van der Waals surface area contributed by atoms with E-state index in [1.807, 2.05) is 0 Å². The SMILES string of the molecule is CCOC(=O)c1cnn(-c2ccc(C#C[Si](C)(C)C)c(C#N)c2N)c1. The second-order valence-corrected chi connectivity index (χ2v) is 11.2. The van der Waals surface area contributed by atoms with E-state index in [-0.39, 0.29) is 12.3 Å². The maximum atomic E-state index is 11.8. The molecule has 1 aromatic heterocycles. The van der Waals surface area contributed by atoms with Crippen LogP contribution in [0.4, 0.5) is 5.69 Å². The lowest BCUT2D eigenvalue weighted by molar-refractivity contribution is 0.0526. The van der Waals surface area contributed by atoms with Crippen LogP contribution in [0.2, 0.25) is 19.6 Å². The molecule has 0 atom stereocenters. The van der Waals surface area contributed by atoms with Crippen LogP contribution in [0.25, 0.3) is 5.69 Å². The molecule has 6 nitrogen and oxygen atoms in total. The Labute approximate surface area is 148 Å². The number of benzene rings is 1. The van der Waals surface area contributed by atoms with E-state index >= 15 is 0 Å². The van der Waals surface area contributed by atoms with Gasteiger partial charge in [-0.2, -0.15) is 10.4 Å². The molecule has 25 heavy (non-hydrogen) atoms. The maximum absolute atomic E-state index is 11.8. The molecule has 0 saturated carbocycles. The first kappa shape index (κ1) is 18.3. The molecule has 0 aliphatic carbocycles. The lowest BCUT2D eigenvalue weighted by atomic mass is 10.1. The van der Waals surface area contributed by atoms with Gasteiger partial charge in [0.2, 0.25) is 0 Å². The molecule has 0 fully saturated rings. The predicted octanol–water partition coefficient (Wildman–Crippen LogP) is 2.73. The Hall–Kier alpha value is -3.03. The highest BCUT2D eigenvalue weighted by molar-refractivity contribution is 6.83. The Morgan fingerprint density at radius 2 is 2.12 bits per heavy atom. The van der Waals surface area contributed by atoms with Gasteiger partial charge in [-0.15, -0.1) is 5.54 Å². The van der Waals surface area contributed by atoms with Crippen LogP contribution in [-0.4, -0.2) is 30.4 Å². The number of hydrogen-bond acceptors (Lipinski definition) is 5. The molecule has 2 N–H and O–H groups in total. The number of aromatic nitrogens is 2. The second-order valence-electron chi connectivity index (χ2n) is 6.43. The monoisotopic (exact) mass is 352 g/mol. The highest BCUT2D eigenvalue weighted by atomic mass is 28.3. The number of ether oxygens (including phenoxy) is 1. The molecule has 128 valence electrons. The quantitative estimate of drug-likeness (QED) is 0.397. The third-order valence-corrected chi connectivity index (χ3v) is 4.12. The van der Waals surface area contributed by atoms with E-state index in [4.69, 9.17) is 10.5 Å². The van der Waals surface area contributed by atoms with Crippen molar-refractivity contribution in [1.29, 1.82) is 5.26 Å². The summed E-state index contributed by atoms with van der Waals surface area (Å²) in [5.41, 5.74) is 11.4. The fourth-order valence-corrected chi connectivity index (χ4v) is 2.57. The summed E-state index contributed by atoms with van der Waals surface area (Å²) >= 11 is 0. The average Bonchev–Trinajstić information content (AvgIpc) is 3.02. The molecular weight excluding hydrogens is 332 g/mol. The van der Waals surface area contributed by atoms with E-state index in [1.165, 1.54) is 17.1 Å². The van der Waals surface area contributed by atoms with Crippen molar-refractivity contribution in [3.8, 4) is 23.2 Å². The van der Waals surface area contributed by atoms with Gasteiger partial charge in [0.25, 0.3) is 0 Å². The van der Waals surface area contributed by atoms with Gasteiger partial charge in [0, 0.05) is 11.8 Å². The lowest BCUT2D eigenvalue weighted by Crippen LogP contribution is -2.16. The lowest BCUT2D eigenvalue weighted by Gasteiger charge is -2.09. The van der Waals surface area contributed by atoms with Gasteiger partial charge >= 0.3 is 5.97 Å². The van der Waals surface area contributed by atoms with Crippen LogP contribution < -0.4 is 5.73 Å². The van der Waals surface area contributed by atoms with E-state index in [9.17, 15) is 10.1 Å². The molecule has 0 bridgehead atoms. The fraction of sp³-hybridized carbons (Fsp3) is 0.278. The van der Waals surface area contributed by atoms with Gasteiger partial charge in [0.15, 0.2) is 0 Å². The summed E-state index contributed by atoms with van der Waals surface area (Å²) < 4.78 is 6.40. The van der Waals surface area contributed by atoms with Crippen molar-refractivity contribution in [2.24, 2.45) is 0 Å². The molecular formula is C18H20N4O2Si. The third-order valence-electron chi connectivity index (χ3n) is 3.25. The van der Waals surface area contributed by atoms with E-state index in [0.29, 0.717) is 22.4 Å². The highest BCUT2D eigenvalue weighted by Crippen LogP contribution is 2.24. The number of hydrogen-bond donors (Lipinski definition) is 1. The van der Waals surface area contributed by atoms with Crippen LogP contribution >= 0.6 is 0 Å². The number of nitrogens with two attached hydrogens (primary N) is 1. The first-order chi connectivity index (χ1) is 11.8. The number of nitrogens with zero attached hydrogens (tertiary/aromatic N) is 3. The molecule has 0 radical (unpaired) electrons. The van der Waals surface area contributed by atoms with E-state index in [1.54, 1.807) is 19.1 Å². The summed E-state index contributed by atoms with van der Waals surface area (Å²) in [6.45, 7) is 8.41. The van der Waals surface area contributed by atoms with Gasteiger partial charge in [-0.1, -0.05) is 25.6 Å². The van der Waals surface area contributed by atoms with Gasteiger partial charge < -0.3 is 10.5 Å². The molecule has 0 spiro atoms. The fourth-order valence-electron chi connectivity index (χ4n) is 2.06. The van der Waals surface area contributed by atoms with E-state index < -0.39 is 14.0 Å². The number of anilines is 1.